The number of alkyl carbamates (subject to hydrolysis) is 1. The summed E-state index contributed by atoms with van der Waals surface area (Å²) in [6.45, 7) is 3.58. The minimum atomic E-state index is -0.826. The monoisotopic (exact) mass is 147 g/mol. The smallest absolute Gasteiger partial charge is 0.408 e. The third-order valence-corrected chi connectivity index (χ3v) is 1.08. The first-order chi connectivity index (χ1) is 4.57. The first-order valence-corrected chi connectivity index (χ1v) is 3.10. The van der Waals surface area contributed by atoms with Crippen molar-refractivity contribution in [3.8, 4) is 0 Å². The zero-order chi connectivity index (χ0) is 8.15. The quantitative estimate of drug-likeness (QED) is 0.553. The fraction of sp³-hybridized carbons (Fsp3) is 0.833. The van der Waals surface area contributed by atoms with Crippen LogP contribution < -0.4 is 5.32 Å². The number of aliphatic hydroxyl groups is 1. The van der Waals surface area contributed by atoms with Crippen LogP contribution in [0.3, 0.4) is 0 Å². The van der Waals surface area contributed by atoms with E-state index in [2.05, 4.69) is 10.1 Å². The van der Waals surface area contributed by atoms with E-state index >= 15 is 0 Å². The van der Waals surface area contributed by atoms with Crippen molar-refractivity contribution in [2.45, 2.75) is 20.1 Å². The van der Waals surface area contributed by atoms with Gasteiger partial charge < -0.3 is 9.84 Å². The van der Waals surface area contributed by atoms with Gasteiger partial charge in [-0.15, -0.1) is 0 Å². The average molecular weight is 147 g/mol. The Kier molecular flexibility index (Phi) is 3.79. The normalized spacial score (nSPS) is 12.9. The number of carbonyl (C=O) groups excluding carboxylic acids is 1. The number of ether oxygens (including phenoxy) is 1. The Balaban J connectivity index is 3.57. The third kappa shape index (κ3) is 3.29. The maximum Gasteiger partial charge on any atom is 0.408 e. The van der Waals surface area contributed by atoms with Gasteiger partial charge in [0.15, 0.2) is 0 Å². The summed E-state index contributed by atoms with van der Waals surface area (Å²) < 4.78 is 4.26. The molecule has 0 rings (SSSR count). The lowest BCUT2D eigenvalue weighted by atomic mass is 10.2. The number of hydrogen-bond acceptors (Lipinski definition) is 3. The van der Waals surface area contributed by atoms with Gasteiger partial charge >= 0.3 is 6.09 Å². The van der Waals surface area contributed by atoms with Gasteiger partial charge in [-0.3, -0.25) is 5.32 Å². The van der Waals surface area contributed by atoms with Crippen LogP contribution in [0, 0.1) is 5.92 Å². The topological polar surface area (TPSA) is 58.6 Å². The molecule has 4 nitrogen and oxygen atoms in total. The van der Waals surface area contributed by atoms with Gasteiger partial charge in [-0.05, 0) is 5.92 Å². The maximum atomic E-state index is 10.4. The molecule has 0 aromatic carbocycles. The molecule has 0 spiro atoms. The molecule has 0 aromatic heterocycles. The standard InChI is InChI=1S/C6H13NO3/c1-4(2)5(8)7-6(9)10-3/h4-5,8H,1-3H3,(H,7,9). The van der Waals surface area contributed by atoms with Crippen molar-refractivity contribution >= 4 is 6.09 Å². The summed E-state index contributed by atoms with van der Waals surface area (Å²) in [6, 6.07) is 0. The number of nitrogens with one attached hydrogen (secondary N) is 1. The Bertz CT molecular complexity index is 114. The van der Waals surface area contributed by atoms with Crippen molar-refractivity contribution in [2.75, 3.05) is 7.11 Å². The van der Waals surface area contributed by atoms with Gasteiger partial charge in [0.05, 0.1) is 7.11 Å². The Labute approximate surface area is 60.2 Å². The molecule has 60 valence electrons. The Morgan fingerprint density at radius 2 is 2.10 bits per heavy atom. The Morgan fingerprint density at radius 1 is 1.60 bits per heavy atom. The molecule has 10 heavy (non-hydrogen) atoms. The summed E-state index contributed by atoms with van der Waals surface area (Å²) in [5, 5.41) is 11.2. The molecule has 1 unspecified atom stereocenters. The molecular weight excluding hydrogens is 134 g/mol. The predicted octanol–water partition coefficient (Wildman–Crippen LogP) is 0.317. The highest BCUT2D eigenvalue weighted by atomic mass is 16.5. The highest BCUT2D eigenvalue weighted by Crippen LogP contribution is 1.96. The molecule has 0 bridgehead atoms. The molecule has 0 fully saturated rings. The summed E-state index contributed by atoms with van der Waals surface area (Å²) in [6.07, 6.45) is -1.44. The molecule has 0 aromatic rings. The van der Waals surface area contributed by atoms with Crippen molar-refractivity contribution in [2.24, 2.45) is 5.92 Å². The van der Waals surface area contributed by atoms with Gasteiger partial charge in [-0.2, -0.15) is 0 Å². The van der Waals surface area contributed by atoms with Crippen LogP contribution in [-0.4, -0.2) is 24.5 Å². The molecule has 0 aliphatic rings. The minimum Gasteiger partial charge on any atom is -0.453 e. The number of amides is 1. The van der Waals surface area contributed by atoms with Gasteiger partial charge in [-0.1, -0.05) is 13.8 Å². The van der Waals surface area contributed by atoms with Gasteiger partial charge in [0, 0.05) is 0 Å². The predicted molar refractivity (Wildman–Crippen MR) is 36.4 cm³/mol. The molecule has 0 radical (unpaired) electrons. The second kappa shape index (κ2) is 4.11. The molecule has 1 amide bonds. The van der Waals surface area contributed by atoms with Crippen LogP contribution in [0.25, 0.3) is 0 Å². The van der Waals surface area contributed by atoms with Crippen LogP contribution in [0.4, 0.5) is 4.79 Å². The van der Waals surface area contributed by atoms with Crippen LogP contribution >= 0.6 is 0 Å². The molecule has 0 heterocycles. The molecule has 4 heteroatoms. The second-order valence-corrected chi connectivity index (χ2v) is 2.32. The highest BCUT2D eigenvalue weighted by Gasteiger charge is 2.11. The summed E-state index contributed by atoms with van der Waals surface area (Å²) in [7, 11) is 1.25. The lowest BCUT2D eigenvalue weighted by Gasteiger charge is -2.14. The summed E-state index contributed by atoms with van der Waals surface area (Å²) in [5.74, 6) is -0.000833. The second-order valence-electron chi connectivity index (χ2n) is 2.32. The summed E-state index contributed by atoms with van der Waals surface area (Å²) in [4.78, 5) is 10.4. The molecule has 2 N–H and O–H groups in total. The van der Waals surface area contributed by atoms with E-state index in [4.69, 9.17) is 5.11 Å². The number of carbonyl (C=O) groups is 1. The lowest BCUT2D eigenvalue weighted by molar-refractivity contribution is 0.0795. The highest BCUT2D eigenvalue weighted by molar-refractivity contribution is 5.67. The Hall–Kier alpha value is -0.770. The molecular formula is C6H13NO3. The fourth-order valence-corrected chi connectivity index (χ4v) is 0.346. The van der Waals surface area contributed by atoms with E-state index in [1.165, 1.54) is 7.11 Å². The van der Waals surface area contributed by atoms with E-state index in [1.807, 2.05) is 0 Å². The summed E-state index contributed by atoms with van der Waals surface area (Å²) >= 11 is 0. The lowest BCUT2D eigenvalue weighted by Crippen LogP contribution is -2.38. The number of aliphatic hydroxyl groups excluding tert-OH is 1. The largest absolute Gasteiger partial charge is 0.453 e. The van der Waals surface area contributed by atoms with E-state index in [-0.39, 0.29) is 5.92 Å². The van der Waals surface area contributed by atoms with Gasteiger partial charge in [0.1, 0.15) is 6.23 Å². The molecule has 0 aliphatic heterocycles. The number of hydrogen-bond donors (Lipinski definition) is 2. The van der Waals surface area contributed by atoms with Crippen molar-refractivity contribution < 1.29 is 14.6 Å². The van der Waals surface area contributed by atoms with Crippen LogP contribution in [0.2, 0.25) is 0 Å². The van der Waals surface area contributed by atoms with Gasteiger partial charge in [0.25, 0.3) is 0 Å². The first-order valence-electron chi connectivity index (χ1n) is 3.10. The molecule has 0 saturated heterocycles. The van der Waals surface area contributed by atoms with E-state index in [1.54, 1.807) is 13.8 Å². The molecule has 0 saturated carbocycles. The third-order valence-electron chi connectivity index (χ3n) is 1.08. The van der Waals surface area contributed by atoms with Crippen molar-refractivity contribution in [1.82, 2.24) is 5.32 Å². The number of methoxy groups -OCH3 is 1. The van der Waals surface area contributed by atoms with Crippen molar-refractivity contribution in [3.63, 3.8) is 0 Å². The van der Waals surface area contributed by atoms with Crippen molar-refractivity contribution in [3.05, 3.63) is 0 Å². The van der Waals surface area contributed by atoms with Gasteiger partial charge in [-0.25, -0.2) is 4.79 Å². The summed E-state index contributed by atoms with van der Waals surface area (Å²) in [5.41, 5.74) is 0. The molecule has 1 atom stereocenters. The maximum absolute atomic E-state index is 10.4. The minimum absolute atomic E-state index is 0.000833. The van der Waals surface area contributed by atoms with Crippen LogP contribution in [0.1, 0.15) is 13.8 Å². The zero-order valence-corrected chi connectivity index (χ0v) is 6.42. The SMILES string of the molecule is COC(=O)NC(O)C(C)C. The number of rotatable bonds is 2. The van der Waals surface area contributed by atoms with Crippen LogP contribution in [0.15, 0.2) is 0 Å². The van der Waals surface area contributed by atoms with E-state index in [9.17, 15) is 4.79 Å². The van der Waals surface area contributed by atoms with E-state index < -0.39 is 12.3 Å². The van der Waals surface area contributed by atoms with Gasteiger partial charge in [0.2, 0.25) is 0 Å². The van der Waals surface area contributed by atoms with Crippen LogP contribution in [0.5, 0.6) is 0 Å². The molecule has 0 aliphatic carbocycles. The van der Waals surface area contributed by atoms with E-state index in [0.29, 0.717) is 0 Å². The average Bonchev–Trinajstić information content (AvgIpc) is 1.87. The van der Waals surface area contributed by atoms with Crippen LogP contribution in [-0.2, 0) is 4.74 Å². The zero-order valence-electron chi connectivity index (χ0n) is 6.42. The fourth-order valence-electron chi connectivity index (χ4n) is 0.346. The Morgan fingerprint density at radius 3 is 2.40 bits per heavy atom. The first kappa shape index (κ1) is 9.23. The van der Waals surface area contributed by atoms with E-state index in [0.717, 1.165) is 0 Å². The van der Waals surface area contributed by atoms with Crippen molar-refractivity contribution in [1.29, 1.82) is 0 Å².